The standard InChI is InChI=1S/C15H18N4O2/c20-8-4-12-3-6-18(10-12)15(21)13-1-2-14(17-9-13)19-7-5-16-11-19/h1-2,5,7,9,11-12,20H,3-4,6,8,10H2. The number of carbonyl (C=O) groups is 1. The van der Waals surface area contributed by atoms with E-state index in [1.807, 2.05) is 17.2 Å². The van der Waals surface area contributed by atoms with Crippen LogP contribution in [0.4, 0.5) is 0 Å². The number of imidazole rings is 1. The molecule has 0 aliphatic carbocycles. The topological polar surface area (TPSA) is 71.2 Å². The van der Waals surface area contributed by atoms with Crippen molar-refractivity contribution in [2.75, 3.05) is 19.7 Å². The highest BCUT2D eigenvalue weighted by atomic mass is 16.3. The Balaban J connectivity index is 1.68. The predicted molar refractivity (Wildman–Crippen MR) is 77.1 cm³/mol. The van der Waals surface area contributed by atoms with Crippen molar-refractivity contribution in [1.82, 2.24) is 19.4 Å². The van der Waals surface area contributed by atoms with Crippen molar-refractivity contribution in [1.29, 1.82) is 0 Å². The van der Waals surface area contributed by atoms with E-state index in [0.29, 0.717) is 11.5 Å². The monoisotopic (exact) mass is 286 g/mol. The third-order valence-electron chi connectivity index (χ3n) is 3.87. The first-order chi connectivity index (χ1) is 10.3. The van der Waals surface area contributed by atoms with E-state index in [1.54, 1.807) is 29.4 Å². The quantitative estimate of drug-likeness (QED) is 0.914. The lowest BCUT2D eigenvalue weighted by atomic mass is 10.1. The molecule has 1 atom stereocenters. The molecular formula is C15H18N4O2. The summed E-state index contributed by atoms with van der Waals surface area (Å²) in [7, 11) is 0. The summed E-state index contributed by atoms with van der Waals surface area (Å²) in [5.41, 5.74) is 0.600. The maximum atomic E-state index is 12.4. The fourth-order valence-electron chi connectivity index (χ4n) is 2.68. The maximum absolute atomic E-state index is 12.4. The van der Waals surface area contributed by atoms with Gasteiger partial charge < -0.3 is 10.0 Å². The number of hydrogen-bond donors (Lipinski definition) is 1. The van der Waals surface area contributed by atoms with E-state index in [2.05, 4.69) is 9.97 Å². The Bertz CT molecular complexity index is 595. The van der Waals surface area contributed by atoms with Crippen LogP contribution in [0, 0.1) is 5.92 Å². The Morgan fingerprint density at radius 3 is 3.00 bits per heavy atom. The van der Waals surface area contributed by atoms with Gasteiger partial charge in [0.05, 0.1) is 5.56 Å². The number of hydrogen-bond acceptors (Lipinski definition) is 4. The Morgan fingerprint density at radius 1 is 1.43 bits per heavy atom. The average molecular weight is 286 g/mol. The summed E-state index contributed by atoms with van der Waals surface area (Å²) >= 11 is 0. The third-order valence-corrected chi connectivity index (χ3v) is 3.87. The zero-order chi connectivity index (χ0) is 14.7. The van der Waals surface area contributed by atoms with Crippen molar-refractivity contribution >= 4 is 5.91 Å². The lowest BCUT2D eigenvalue weighted by Crippen LogP contribution is -2.28. The molecule has 110 valence electrons. The summed E-state index contributed by atoms with van der Waals surface area (Å²) in [6, 6.07) is 3.61. The minimum absolute atomic E-state index is 0.0140. The molecule has 1 unspecified atom stereocenters. The number of aliphatic hydroxyl groups is 1. The molecule has 1 fully saturated rings. The molecule has 2 aromatic heterocycles. The summed E-state index contributed by atoms with van der Waals surface area (Å²) in [6.07, 6.45) is 8.51. The lowest BCUT2D eigenvalue weighted by molar-refractivity contribution is 0.0784. The number of carbonyl (C=O) groups excluding carboxylic acids is 1. The summed E-state index contributed by atoms with van der Waals surface area (Å²) in [6.45, 7) is 1.67. The number of aromatic nitrogens is 3. The molecule has 1 N–H and O–H groups in total. The number of aliphatic hydroxyl groups excluding tert-OH is 1. The predicted octanol–water partition coefficient (Wildman–Crippen LogP) is 1.11. The highest BCUT2D eigenvalue weighted by Crippen LogP contribution is 2.21. The van der Waals surface area contributed by atoms with Gasteiger partial charge in [0.2, 0.25) is 0 Å². The molecular weight excluding hydrogens is 268 g/mol. The van der Waals surface area contributed by atoms with Crippen LogP contribution in [0.25, 0.3) is 5.82 Å². The van der Waals surface area contributed by atoms with Crippen molar-refractivity contribution in [2.24, 2.45) is 5.92 Å². The van der Waals surface area contributed by atoms with Gasteiger partial charge in [-0.1, -0.05) is 0 Å². The van der Waals surface area contributed by atoms with Gasteiger partial charge >= 0.3 is 0 Å². The second-order valence-electron chi connectivity index (χ2n) is 5.29. The van der Waals surface area contributed by atoms with Crippen LogP contribution in [0.15, 0.2) is 37.1 Å². The van der Waals surface area contributed by atoms with Crippen molar-refractivity contribution in [3.05, 3.63) is 42.6 Å². The number of pyridine rings is 1. The SMILES string of the molecule is O=C(c1ccc(-n2ccnc2)nc1)N1CCC(CCO)C1. The Hall–Kier alpha value is -2.21. The van der Waals surface area contributed by atoms with E-state index in [4.69, 9.17) is 5.11 Å². The second kappa shape index (κ2) is 6.05. The van der Waals surface area contributed by atoms with E-state index >= 15 is 0 Å². The smallest absolute Gasteiger partial charge is 0.255 e. The molecule has 1 saturated heterocycles. The molecule has 0 radical (unpaired) electrons. The van der Waals surface area contributed by atoms with Crippen molar-refractivity contribution in [2.45, 2.75) is 12.8 Å². The first kappa shape index (κ1) is 13.8. The van der Waals surface area contributed by atoms with Gasteiger partial charge in [0.1, 0.15) is 12.1 Å². The summed E-state index contributed by atoms with van der Waals surface area (Å²) in [4.78, 5) is 22.5. The van der Waals surface area contributed by atoms with Crippen LogP contribution in [-0.2, 0) is 0 Å². The molecule has 1 aliphatic rings. The van der Waals surface area contributed by atoms with Crippen molar-refractivity contribution < 1.29 is 9.90 Å². The van der Waals surface area contributed by atoms with E-state index in [-0.39, 0.29) is 12.5 Å². The van der Waals surface area contributed by atoms with Crippen LogP contribution < -0.4 is 0 Å². The van der Waals surface area contributed by atoms with Crippen LogP contribution in [-0.4, -0.2) is 50.1 Å². The second-order valence-corrected chi connectivity index (χ2v) is 5.29. The average Bonchev–Trinajstić information content (AvgIpc) is 3.19. The Kier molecular flexibility index (Phi) is 3.96. The Labute approximate surface area is 123 Å². The van der Waals surface area contributed by atoms with Gasteiger partial charge in [0.25, 0.3) is 5.91 Å². The van der Waals surface area contributed by atoms with E-state index in [1.165, 1.54) is 0 Å². The van der Waals surface area contributed by atoms with Crippen LogP contribution in [0.3, 0.4) is 0 Å². The molecule has 0 spiro atoms. The molecule has 0 bridgehead atoms. The molecule has 6 heteroatoms. The van der Waals surface area contributed by atoms with Crippen molar-refractivity contribution in [3.63, 3.8) is 0 Å². The Morgan fingerprint density at radius 2 is 2.33 bits per heavy atom. The van der Waals surface area contributed by atoms with Gasteiger partial charge in [-0.3, -0.25) is 9.36 Å². The normalized spacial score (nSPS) is 18.1. The van der Waals surface area contributed by atoms with Crippen molar-refractivity contribution in [3.8, 4) is 5.82 Å². The van der Waals surface area contributed by atoms with E-state index in [0.717, 1.165) is 31.7 Å². The number of rotatable bonds is 4. The minimum Gasteiger partial charge on any atom is -0.396 e. The molecule has 3 rings (SSSR count). The zero-order valence-corrected chi connectivity index (χ0v) is 11.7. The van der Waals surface area contributed by atoms with Gasteiger partial charge in [-0.05, 0) is 30.9 Å². The largest absolute Gasteiger partial charge is 0.396 e. The maximum Gasteiger partial charge on any atom is 0.255 e. The van der Waals surface area contributed by atoms with Gasteiger partial charge in [-0.25, -0.2) is 9.97 Å². The van der Waals surface area contributed by atoms with Gasteiger partial charge in [-0.2, -0.15) is 0 Å². The minimum atomic E-state index is 0.0140. The number of nitrogens with zero attached hydrogens (tertiary/aromatic N) is 4. The van der Waals surface area contributed by atoms with Crippen LogP contribution >= 0.6 is 0 Å². The highest BCUT2D eigenvalue weighted by molar-refractivity contribution is 5.94. The molecule has 1 aliphatic heterocycles. The van der Waals surface area contributed by atoms with Gasteiger partial charge in [0, 0.05) is 38.3 Å². The fourth-order valence-corrected chi connectivity index (χ4v) is 2.68. The number of likely N-dealkylation sites (tertiary alicyclic amines) is 1. The zero-order valence-electron chi connectivity index (χ0n) is 11.7. The molecule has 1 amide bonds. The van der Waals surface area contributed by atoms with Crippen LogP contribution in [0.5, 0.6) is 0 Å². The molecule has 6 nitrogen and oxygen atoms in total. The van der Waals surface area contributed by atoms with Crippen LogP contribution in [0.2, 0.25) is 0 Å². The molecule has 21 heavy (non-hydrogen) atoms. The van der Waals surface area contributed by atoms with Gasteiger partial charge in [0.15, 0.2) is 0 Å². The molecule has 0 saturated carbocycles. The van der Waals surface area contributed by atoms with Crippen LogP contribution in [0.1, 0.15) is 23.2 Å². The first-order valence-corrected chi connectivity index (χ1v) is 7.12. The van der Waals surface area contributed by atoms with Gasteiger partial charge in [-0.15, -0.1) is 0 Å². The highest BCUT2D eigenvalue weighted by Gasteiger charge is 2.26. The first-order valence-electron chi connectivity index (χ1n) is 7.12. The molecule has 3 heterocycles. The molecule has 0 aromatic carbocycles. The summed E-state index contributed by atoms with van der Waals surface area (Å²) < 4.78 is 1.79. The molecule has 2 aromatic rings. The summed E-state index contributed by atoms with van der Waals surface area (Å²) in [5, 5.41) is 8.97. The lowest BCUT2D eigenvalue weighted by Gasteiger charge is -2.16. The third kappa shape index (κ3) is 2.95. The summed E-state index contributed by atoms with van der Waals surface area (Å²) in [5.74, 6) is 1.17. The van der Waals surface area contributed by atoms with E-state index < -0.39 is 0 Å². The fraction of sp³-hybridized carbons (Fsp3) is 0.400. The number of amides is 1. The van der Waals surface area contributed by atoms with E-state index in [9.17, 15) is 4.79 Å².